The Morgan fingerprint density at radius 2 is 1.90 bits per heavy atom. The van der Waals surface area contributed by atoms with E-state index < -0.39 is 5.97 Å². The summed E-state index contributed by atoms with van der Waals surface area (Å²) in [5, 5.41) is 9.44. The molecule has 21 heavy (non-hydrogen) atoms. The second kappa shape index (κ2) is 6.75. The molecule has 0 fully saturated rings. The molecule has 0 heterocycles. The minimum atomic E-state index is -0.943. The average molecular weight is 282 g/mol. The lowest BCUT2D eigenvalue weighted by Crippen LogP contribution is -2.00. The van der Waals surface area contributed by atoms with Crippen LogP contribution in [0.25, 0.3) is 11.6 Å². The fourth-order valence-corrected chi connectivity index (χ4v) is 2.09. The Balaban J connectivity index is 2.41. The zero-order valence-electron chi connectivity index (χ0n) is 12.2. The van der Waals surface area contributed by atoms with Gasteiger partial charge < -0.3 is 9.84 Å². The molecule has 1 N–H and O–H groups in total. The lowest BCUT2D eigenvalue weighted by molar-refractivity contribution is -0.130. The lowest BCUT2D eigenvalue weighted by Gasteiger charge is -2.06. The van der Waals surface area contributed by atoms with Gasteiger partial charge in [-0.25, -0.2) is 4.79 Å². The number of ether oxygens (including phenoxy) is 1. The maximum absolute atomic E-state index is 11.5. The Morgan fingerprint density at radius 3 is 2.48 bits per heavy atom. The second-order valence-corrected chi connectivity index (χ2v) is 4.69. The van der Waals surface area contributed by atoms with E-state index >= 15 is 0 Å². The van der Waals surface area contributed by atoms with E-state index in [1.165, 1.54) is 5.56 Å². The Morgan fingerprint density at radius 1 is 1.19 bits per heavy atom. The van der Waals surface area contributed by atoms with Crippen molar-refractivity contribution in [1.82, 2.24) is 0 Å². The Bertz CT molecular complexity index is 654. The monoisotopic (exact) mass is 282 g/mol. The van der Waals surface area contributed by atoms with E-state index in [4.69, 9.17) is 4.74 Å². The van der Waals surface area contributed by atoms with Crippen LogP contribution in [0.3, 0.4) is 0 Å². The molecule has 0 atom stereocenters. The average Bonchev–Trinajstić information content (AvgIpc) is 2.52. The van der Waals surface area contributed by atoms with E-state index in [1.54, 1.807) is 13.2 Å². The molecule has 0 amide bonds. The van der Waals surface area contributed by atoms with Crippen molar-refractivity contribution in [3.8, 4) is 5.75 Å². The van der Waals surface area contributed by atoms with Crippen LogP contribution in [0.4, 0.5) is 0 Å². The summed E-state index contributed by atoms with van der Waals surface area (Å²) >= 11 is 0. The molecule has 2 aromatic carbocycles. The molecule has 0 aliphatic carbocycles. The van der Waals surface area contributed by atoms with Crippen molar-refractivity contribution in [2.24, 2.45) is 0 Å². The highest BCUT2D eigenvalue weighted by atomic mass is 16.5. The molecule has 3 heteroatoms. The molecule has 0 aromatic heterocycles. The number of benzene rings is 2. The van der Waals surface area contributed by atoms with Crippen LogP contribution in [0.1, 0.15) is 23.6 Å². The van der Waals surface area contributed by atoms with Crippen LogP contribution in [0.5, 0.6) is 5.75 Å². The summed E-state index contributed by atoms with van der Waals surface area (Å²) in [5.41, 5.74) is 2.95. The summed E-state index contributed by atoms with van der Waals surface area (Å²) in [4.78, 5) is 11.5. The standard InChI is InChI=1S/C18H18O3/c1-3-13-7-9-15(10-8-13)17(18(19)20)12-14-5-4-6-16(11-14)21-2/h4-12H,3H2,1-2H3,(H,19,20)/b17-12-. The number of hydrogen-bond acceptors (Lipinski definition) is 2. The van der Waals surface area contributed by atoms with Crippen molar-refractivity contribution in [2.45, 2.75) is 13.3 Å². The minimum absolute atomic E-state index is 0.269. The molecule has 0 bridgehead atoms. The van der Waals surface area contributed by atoms with Crippen molar-refractivity contribution >= 4 is 17.6 Å². The van der Waals surface area contributed by atoms with Gasteiger partial charge in [0.1, 0.15) is 5.75 Å². The summed E-state index contributed by atoms with van der Waals surface area (Å²) in [6.07, 6.45) is 2.59. The molecule has 2 rings (SSSR count). The first-order chi connectivity index (χ1) is 10.1. The van der Waals surface area contributed by atoms with Gasteiger partial charge in [-0.3, -0.25) is 0 Å². The van der Waals surface area contributed by atoms with E-state index in [2.05, 4.69) is 6.92 Å². The maximum Gasteiger partial charge on any atom is 0.336 e. The van der Waals surface area contributed by atoms with Gasteiger partial charge in [0, 0.05) is 0 Å². The smallest absolute Gasteiger partial charge is 0.336 e. The van der Waals surface area contributed by atoms with Crippen molar-refractivity contribution in [2.75, 3.05) is 7.11 Å². The van der Waals surface area contributed by atoms with Crippen LogP contribution in [0.2, 0.25) is 0 Å². The summed E-state index contributed by atoms with van der Waals surface area (Å²) in [6, 6.07) is 14.9. The largest absolute Gasteiger partial charge is 0.497 e. The summed E-state index contributed by atoms with van der Waals surface area (Å²) in [5.74, 6) is -0.239. The number of aryl methyl sites for hydroxylation is 1. The Hall–Kier alpha value is -2.55. The number of carboxylic acid groups (broad SMARTS) is 1. The van der Waals surface area contributed by atoms with Crippen LogP contribution in [0.15, 0.2) is 48.5 Å². The zero-order chi connectivity index (χ0) is 15.2. The van der Waals surface area contributed by atoms with Crippen LogP contribution < -0.4 is 4.74 Å². The lowest BCUT2D eigenvalue weighted by atomic mass is 10.0. The van der Waals surface area contributed by atoms with E-state index in [1.807, 2.05) is 48.5 Å². The Kier molecular flexibility index (Phi) is 4.77. The molecule has 0 aliphatic rings. The van der Waals surface area contributed by atoms with Crippen LogP contribution in [-0.4, -0.2) is 18.2 Å². The molecule has 108 valence electrons. The normalized spacial score (nSPS) is 11.2. The summed E-state index contributed by atoms with van der Waals surface area (Å²) in [7, 11) is 1.59. The van der Waals surface area contributed by atoms with Gasteiger partial charge in [-0.15, -0.1) is 0 Å². The van der Waals surface area contributed by atoms with E-state index in [0.717, 1.165) is 12.0 Å². The fourth-order valence-electron chi connectivity index (χ4n) is 2.09. The first kappa shape index (κ1) is 14.9. The number of hydrogen-bond donors (Lipinski definition) is 1. The Labute approximate surface area is 124 Å². The number of methoxy groups -OCH3 is 1. The zero-order valence-corrected chi connectivity index (χ0v) is 12.2. The van der Waals surface area contributed by atoms with E-state index in [9.17, 15) is 9.90 Å². The first-order valence-corrected chi connectivity index (χ1v) is 6.82. The number of rotatable bonds is 5. The van der Waals surface area contributed by atoms with Crippen molar-refractivity contribution < 1.29 is 14.6 Å². The quantitative estimate of drug-likeness (QED) is 0.668. The molecule has 0 unspecified atom stereocenters. The molecule has 2 aromatic rings. The predicted octanol–water partition coefficient (Wildman–Crippen LogP) is 3.88. The van der Waals surface area contributed by atoms with Crippen LogP contribution in [-0.2, 0) is 11.2 Å². The topological polar surface area (TPSA) is 46.5 Å². The highest BCUT2D eigenvalue weighted by Crippen LogP contribution is 2.21. The van der Waals surface area contributed by atoms with E-state index in [0.29, 0.717) is 11.3 Å². The molecule has 0 radical (unpaired) electrons. The van der Waals surface area contributed by atoms with Crippen molar-refractivity contribution in [3.63, 3.8) is 0 Å². The van der Waals surface area contributed by atoms with Gasteiger partial charge in [0.2, 0.25) is 0 Å². The van der Waals surface area contributed by atoms with Gasteiger partial charge in [0.05, 0.1) is 12.7 Å². The van der Waals surface area contributed by atoms with Gasteiger partial charge in [-0.1, -0.05) is 43.3 Å². The number of carbonyl (C=O) groups is 1. The van der Waals surface area contributed by atoms with Crippen molar-refractivity contribution in [1.29, 1.82) is 0 Å². The molecule has 0 saturated carbocycles. The van der Waals surface area contributed by atoms with Crippen LogP contribution in [0, 0.1) is 0 Å². The van der Waals surface area contributed by atoms with Gasteiger partial charge >= 0.3 is 5.97 Å². The molecule has 0 aliphatic heterocycles. The third kappa shape index (κ3) is 3.72. The minimum Gasteiger partial charge on any atom is -0.497 e. The third-order valence-electron chi connectivity index (χ3n) is 3.31. The van der Waals surface area contributed by atoms with Gasteiger partial charge in [-0.2, -0.15) is 0 Å². The number of carboxylic acids is 1. The second-order valence-electron chi connectivity index (χ2n) is 4.69. The molecule has 0 spiro atoms. The van der Waals surface area contributed by atoms with Crippen LogP contribution >= 0.6 is 0 Å². The van der Waals surface area contributed by atoms with Gasteiger partial charge in [-0.05, 0) is 41.3 Å². The third-order valence-corrected chi connectivity index (χ3v) is 3.31. The van der Waals surface area contributed by atoms with Gasteiger partial charge in [0.15, 0.2) is 0 Å². The van der Waals surface area contributed by atoms with Crippen molar-refractivity contribution in [3.05, 3.63) is 65.2 Å². The predicted molar refractivity (Wildman–Crippen MR) is 84.3 cm³/mol. The molecule has 3 nitrogen and oxygen atoms in total. The highest BCUT2D eigenvalue weighted by molar-refractivity contribution is 6.20. The molecular weight excluding hydrogens is 264 g/mol. The number of aliphatic carboxylic acids is 1. The van der Waals surface area contributed by atoms with E-state index in [-0.39, 0.29) is 5.57 Å². The first-order valence-electron chi connectivity index (χ1n) is 6.82. The highest BCUT2D eigenvalue weighted by Gasteiger charge is 2.10. The fraction of sp³-hybridized carbons (Fsp3) is 0.167. The summed E-state index contributed by atoms with van der Waals surface area (Å²) < 4.78 is 5.16. The molecule has 0 saturated heterocycles. The SMILES string of the molecule is CCc1ccc(/C(=C/c2cccc(OC)c2)C(=O)O)cc1. The maximum atomic E-state index is 11.5. The molecular formula is C18H18O3. The summed E-state index contributed by atoms with van der Waals surface area (Å²) in [6.45, 7) is 2.07. The van der Waals surface area contributed by atoms with Gasteiger partial charge in [0.25, 0.3) is 0 Å².